The van der Waals surface area contributed by atoms with Crippen LogP contribution in [0.25, 0.3) is 0 Å². The normalized spacial score (nSPS) is 11.7. The number of hydrogen-bond acceptors (Lipinski definition) is 2. The van der Waals surface area contributed by atoms with E-state index in [-0.39, 0.29) is 18.5 Å². The number of carbonyl (C=O) groups is 1. The lowest BCUT2D eigenvalue weighted by Gasteiger charge is -2.17. The second-order valence-electron chi connectivity index (χ2n) is 4.89. The number of carbonyl (C=O) groups excluding carboxylic acids is 1. The molecule has 0 aromatic heterocycles. The summed E-state index contributed by atoms with van der Waals surface area (Å²) in [5.74, 6) is -0.276. The van der Waals surface area contributed by atoms with Gasteiger partial charge in [-0.05, 0) is 23.6 Å². The zero-order chi connectivity index (χ0) is 15.8. The lowest BCUT2D eigenvalue weighted by atomic mass is 10.1. The minimum absolute atomic E-state index is 0.190. The number of rotatable bonds is 6. The number of urea groups is 1. The minimum Gasteiger partial charge on any atom is -0.394 e. The Bertz CT molecular complexity index is 605. The monoisotopic (exact) mass is 302 g/mol. The molecule has 0 fully saturated rings. The van der Waals surface area contributed by atoms with Crippen molar-refractivity contribution in [3.63, 3.8) is 0 Å². The van der Waals surface area contributed by atoms with Crippen LogP contribution < -0.4 is 10.6 Å². The van der Waals surface area contributed by atoms with Crippen molar-refractivity contribution in [3.8, 4) is 0 Å². The van der Waals surface area contributed by atoms with Crippen LogP contribution in [0.5, 0.6) is 0 Å². The van der Waals surface area contributed by atoms with Crippen molar-refractivity contribution >= 4 is 6.03 Å². The van der Waals surface area contributed by atoms with Gasteiger partial charge in [-0.1, -0.05) is 48.5 Å². The minimum atomic E-state index is -0.463. The van der Waals surface area contributed by atoms with Crippen molar-refractivity contribution < 1.29 is 14.3 Å². The summed E-state index contributed by atoms with van der Waals surface area (Å²) in [4.78, 5) is 11.8. The van der Waals surface area contributed by atoms with E-state index in [1.165, 1.54) is 6.07 Å². The first-order chi connectivity index (χ1) is 10.7. The van der Waals surface area contributed by atoms with Gasteiger partial charge in [-0.2, -0.15) is 0 Å². The number of halogens is 1. The smallest absolute Gasteiger partial charge is 0.315 e. The third-order valence-electron chi connectivity index (χ3n) is 3.33. The lowest BCUT2D eigenvalue weighted by Crippen LogP contribution is -2.40. The summed E-state index contributed by atoms with van der Waals surface area (Å²) in [7, 11) is 0. The highest BCUT2D eigenvalue weighted by atomic mass is 19.1. The van der Waals surface area contributed by atoms with E-state index < -0.39 is 6.04 Å². The second-order valence-corrected chi connectivity index (χ2v) is 4.89. The van der Waals surface area contributed by atoms with E-state index in [4.69, 9.17) is 0 Å². The molecule has 22 heavy (non-hydrogen) atoms. The highest BCUT2D eigenvalue weighted by Gasteiger charge is 2.12. The summed E-state index contributed by atoms with van der Waals surface area (Å²) in [6.45, 7) is 0.129. The largest absolute Gasteiger partial charge is 0.394 e. The molecule has 0 bridgehead atoms. The molecule has 0 aliphatic rings. The van der Waals surface area contributed by atoms with E-state index in [0.29, 0.717) is 18.5 Å². The molecule has 1 unspecified atom stereocenters. The maximum atomic E-state index is 13.4. The third-order valence-corrected chi connectivity index (χ3v) is 3.33. The first kappa shape index (κ1) is 16.0. The topological polar surface area (TPSA) is 61.4 Å². The first-order valence-corrected chi connectivity index (χ1v) is 7.14. The first-order valence-electron chi connectivity index (χ1n) is 7.14. The number of aliphatic hydroxyl groups excluding tert-OH is 1. The van der Waals surface area contributed by atoms with Gasteiger partial charge >= 0.3 is 6.03 Å². The molecule has 2 aromatic carbocycles. The summed E-state index contributed by atoms with van der Waals surface area (Å²) in [5, 5.41) is 14.7. The molecule has 0 saturated heterocycles. The Morgan fingerprint density at radius 2 is 1.77 bits per heavy atom. The molecule has 4 nitrogen and oxygen atoms in total. The predicted octanol–water partition coefficient (Wildman–Crippen LogP) is 2.40. The summed E-state index contributed by atoms with van der Waals surface area (Å²) in [5.41, 5.74) is 1.39. The van der Waals surface area contributed by atoms with Gasteiger partial charge in [0, 0.05) is 6.54 Å². The van der Waals surface area contributed by atoms with Gasteiger partial charge < -0.3 is 15.7 Å². The van der Waals surface area contributed by atoms with Crippen molar-refractivity contribution in [1.29, 1.82) is 0 Å². The van der Waals surface area contributed by atoms with Gasteiger partial charge in [0.2, 0.25) is 0 Å². The van der Waals surface area contributed by atoms with E-state index in [1.807, 2.05) is 30.3 Å². The number of benzene rings is 2. The van der Waals surface area contributed by atoms with Crippen LogP contribution in [0.2, 0.25) is 0 Å². The van der Waals surface area contributed by atoms with Gasteiger partial charge in [0.1, 0.15) is 5.82 Å². The lowest BCUT2D eigenvalue weighted by molar-refractivity contribution is 0.217. The molecule has 3 N–H and O–H groups in total. The van der Waals surface area contributed by atoms with Gasteiger partial charge in [-0.3, -0.25) is 0 Å². The zero-order valence-electron chi connectivity index (χ0n) is 12.1. The Balaban J connectivity index is 1.81. The Labute approximate surface area is 129 Å². The van der Waals surface area contributed by atoms with Gasteiger partial charge in [-0.15, -0.1) is 0 Å². The zero-order valence-corrected chi connectivity index (χ0v) is 12.1. The van der Waals surface area contributed by atoms with Gasteiger partial charge in [0.25, 0.3) is 0 Å². The number of nitrogens with one attached hydrogen (secondary N) is 2. The van der Waals surface area contributed by atoms with Crippen molar-refractivity contribution in [2.24, 2.45) is 0 Å². The molecule has 0 aliphatic carbocycles. The standard InChI is InChI=1S/C17H19FN2O2/c18-15-9-5-4-6-13(15)10-11-19-17(22)20-16(12-21)14-7-2-1-3-8-14/h1-9,16,21H,10-12H2,(H2,19,20,22). The fraction of sp³-hybridized carbons (Fsp3) is 0.235. The Morgan fingerprint density at radius 3 is 2.45 bits per heavy atom. The maximum Gasteiger partial charge on any atom is 0.315 e. The van der Waals surface area contributed by atoms with Crippen LogP contribution in [0.4, 0.5) is 9.18 Å². The van der Waals surface area contributed by atoms with Crippen molar-refractivity contribution in [1.82, 2.24) is 10.6 Å². The summed E-state index contributed by atoms with van der Waals surface area (Å²) < 4.78 is 13.4. The van der Waals surface area contributed by atoms with Crippen LogP contribution in [-0.4, -0.2) is 24.3 Å². The highest BCUT2D eigenvalue weighted by Crippen LogP contribution is 2.11. The second kappa shape index (κ2) is 8.14. The number of hydrogen-bond donors (Lipinski definition) is 3. The molecular formula is C17H19FN2O2. The van der Waals surface area contributed by atoms with Crippen molar-refractivity contribution in [2.75, 3.05) is 13.2 Å². The van der Waals surface area contributed by atoms with Crippen molar-refractivity contribution in [3.05, 3.63) is 71.5 Å². The van der Waals surface area contributed by atoms with Gasteiger partial charge in [-0.25, -0.2) is 9.18 Å². The molecule has 0 aliphatic heterocycles. The van der Waals surface area contributed by atoms with Crippen LogP contribution in [0, 0.1) is 5.82 Å². The quantitative estimate of drug-likeness (QED) is 0.767. The van der Waals surface area contributed by atoms with Gasteiger partial charge in [0.15, 0.2) is 0 Å². The molecule has 0 saturated carbocycles. The van der Waals surface area contributed by atoms with Crippen LogP contribution in [-0.2, 0) is 6.42 Å². The summed E-state index contributed by atoms with van der Waals surface area (Å²) in [6, 6.07) is 14.8. The van der Waals surface area contributed by atoms with E-state index in [9.17, 15) is 14.3 Å². The van der Waals surface area contributed by atoms with Crippen LogP contribution >= 0.6 is 0 Å². The molecule has 0 heterocycles. The molecule has 116 valence electrons. The molecule has 2 rings (SSSR count). The molecule has 2 aromatic rings. The Morgan fingerprint density at radius 1 is 1.09 bits per heavy atom. The molecule has 0 spiro atoms. The van der Waals surface area contributed by atoms with Gasteiger partial charge in [0.05, 0.1) is 12.6 Å². The van der Waals surface area contributed by atoms with E-state index >= 15 is 0 Å². The molecule has 2 amide bonds. The van der Waals surface area contributed by atoms with Crippen LogP contribution in [0.3, 0.4) is 0 Å². The SMILES string of the molecule is O=C(NCCc1ccccc1F)NC(CO)c1ccccc1. The third kappa shape index (κ3) is 4.56. The predicted molar refractivity (Wildman–Crippen MR) is 82.9 cm³/mol. The summed E-state index contributed by atoms with van der Waals surface area (Å²) in [6.07, 6.45) is 0.412. The fourth-order valence-corrected chi connectivity index (χ4v) is 2.14. The number of aliphatic hydroxyl groups is 1. The van der Waals surface area contributed by atoms with E-state index in [2.05, 4.69) is 10.6 Å². The Kier molecular flexibility index (Phi) is 5.91. The molecule has 5 heteroatoms. The maximum absolute atomic E-state index is 13.4. The average molecular weight is 302 g/mol. The molecule has 1 atom stereocenters. The van der Waals surface area contributed by atoms with Crippen LogP contribution in [0.15, 0.2) is 54.6 Å². The molecule has 0 radical (unpaired) electrons. The highest BCUT2D eigenvalue weighted by molar-refractivity contribution is 5.74. The number of amides is 2. The van der Waals surface area contributed by atoms with Crippen LogP contribution in [0.1, 0.15) is 17.2 Å². The summed E-state index contributed by atoms with van der Waals surface area (Å²) >= 11 is 0. The Hall–Kier alpha value is -2.40. The fourth-order valence-electron chi connectivity index (χ4n) is 2.14. The average Bonchev–Trinajstić information content (AvgIpc) is 2.55. The van der Waals surface area contributed by atoms with E-state index in [0.717, 1.165) is 5.56 Å². The van der Waals surface area contributed by atoms with E-state index in [1.54, 1.807) is 18.2 Å². The van der Waals surface area contributed by atoms with Crippen molar-refractivity contribution in [2.45, 2.75) is 12.5 Å². The molecular weight excluding hydrogens is 283 g/mol.